The second-order valence-corrected chi connectivity index (χ2v) is 8.88. The Hall–Kier alpha value is -3.32. The number of carbonyl (C=O) groups is 2. The van der Waals surface area contributed by atoms with Crippen molar-refractivity contribution in [3.05, 3.63) is 84.2 Å². The molecule has 0 spiro atoms. The van der Waals surface area contributed by atoms with E-state index in [0.717, 1.165) is 23.5 Å². The van der Waals surface area contributed by atoms with Gasteiger partial charge in [-0.2, -0.15) is 0 Å². The maximum Gasteiger partial charge on any atom is 0.255 e. The van der Waals surface area contributed by atoms with Crippen LogP contribution in [0.15, 0.2) is 77.7 Å². The molecule has 1 unspecified atom stereocenters. The Bertz CT molecular complexity index is 1050. The molecule has 2 N–H and O–H groups in total. The Kier molecular flexibility index (Phi) is 8.89. The number of thioether (sulfide) groups is 1. The van der Waals surface area contributed by atoms with E-state index in [1.54, 1.807) is 12.1 Å². The molecule has 5 nitrogen and oxygen atoms in total. The molecule has 0 aliphatic rings. The summed E-state index contributed by atoms with van der Waals surface area (Å²) in [6, 6.07) is 19.9. The number of carbonyl (C=O) groups excluding carboxylic acids is 2. The van der Waals surface area contributed by atoms with Crippen LogP contribution in [0.1, 0.15) is 37.0 Å². The number of amides is 2. The molecule has 2 amide bonds. The molecule has 172 valence electrons. The van der Waals surface area contributed by atoms with Gasteiger partial charge in [-0.05, 0) is 86.1 Å². The topological polar surface area (TPSA) is 67.4 Å². The molecule has 3 aromatic carbocycles. The Balaban J connectivity index is 1.49. The van der Waals surface area contributed by atoms with Crippen molar-refractivity contribution >= 4 is 35.0 Å². The summed E-state index contributed by atoms with van der Waals surface area (Å²) in [6.07, 6.45) is 2.09. The number of unbranched alkanes of at least 4 members (excludes halogenated alkanes) is 1. The summed E-state index contributed by atoms with van der Waals surface area (Å²) >= 11 is 1.42. The third kappa shape index (κ3) is 7.64. The molecule has 0 fully saturated rings. The Morgan fingerprint density at radius 3 is 2.15 bits per heavy atom. The highest BCUT2D eigenvalue weighted by molar-refractivity contribution is 8.00. The molecule has 0 aliphatic heterocycles. The summed E-state index contributed by atoms with van der Waals surface area (Å²) in [7, 11) is 0. The number of halogens is 1. The highest BCUT2D eigenvalue weighted by atomic mass is 32.2. The summed E-state index contributed by atoms with van der Waals surface area (Å²) in [6.45, 7) is 4.64. The van der Waals surface area contributed by atoms with Crippen LogP contribution in [0.25, 0.3) is 0 Å². The first-order chi connectivity index (χ1) is 15.9. The van der Waals surface area contributed by atoms with E-state index in [4.69, 9.17) is 4.74 Å². The van der Waals surface area contributed by atoms with Crippen LogP contribution in [0, 0.1) is 5.82 Å². The first-order valence-corrected chi connectivity index (χ1v) is 11.7. The smallest absolute Gasteiger partial charge is 0.255 e. The van der Waals surface area contributed by atoms with E-state index in [2.05, 4.69) is 17.6 Å². The van der Waals surface area contributed by atoms with Gasteiger partial charge in [0.15, 0.2) is 0 Å². The molecule has 0 saturated heterocycles. The Morgan fingerprint density at radius 1 is 0.909 bits per heavy atom. The van der Waals surface area contributed by atoms with Crippen molar-refractivity contribution < 1.29 is 18.7 Å². The first kappa shape index (κ1) is 24.3. The van der Waals surface area contributed by atoms with Crippen molar-refractivity contribution in [1.29, 1.82) is 0 Å². The normalized spacial score (nSPS) is 11.5. The van der Waals surface area contributed by atoms with Gasteiger partial charge in [0.25, 0.3) is 5.91 Å². The van der Waals surface area contributed by atoms with Gasteiger partial charge in [-0.25, -0.2) is 4.39 Å². The minimum Gasteiger partial charge on any atom is -0.494 e. The van der Waals surface area contributed by atoms with Gasteiger partial charge in [-0.15, -0.1) is 11.8 Å². The highest BCUT2D eigenvalue weighted by Gasteiger charge is 2.15. The fourth-order valence-electron chi connectivity index (χ4n) is 2.89. The van der Waals surface area contributed by atoms with Gasteiger partial charge >= 0.3 is 0 Å². The molecule has 3 aromatic rings. The van der Waals surface area contributed by atoms with Gasteiger partial charge in [0, 0.05) is 21.8 Å². The minimum atomic E-state index is -0.389. The first-order valence-electron chi connectivity index (χ1n) is 10.8. The molecule has 7 heteroatoms. The highest BCUT2D eigenvalue weighted by Crippen LogP contribution is 2.26. The van der Waals surface area contributed by atoms with Crippen molar-refractivity contribution in [2.45, 2.75) is 36.8 Å². The van der Waals surface area contributed by atoms with E-state index < -0.39 is 0 Å². The van der Waals surface area contributed by atoms with Crippen molar-refractivity contribution in [2.24, 2.45) is 0 Å². The van der Waals surface area contributed by atoms with Crippen LogP contribution in [0.2, 0.25) is 0 Å². The third-order valence-corrected chi connectivity index (χ3v) is 5.90. The maximum atomic E-state index is 13.0. The molecule has 0 radical (unpaired) electrons. The van der Waals surface area contributed by atoms with E-state index in [-0.39, 0.29) is 22.9 Å². The summed E-state index contributed by atoms with van der Waals surface area (Å²) in [5.74, 6) is -0.0201. The van der Waals surface area contributed by atoms with Gasteiger partial charge in [-0.3, -0.25) is 9.59 Å². The Labute approximate surface area is 197 Å². The fraction of sp³-hybridized carbons (Fsp3) is 0.231. The standard InChI is InChI=1S/C26H27FN2O3S/c1-3-4-17-32-23-13-9-21(10-14-23)28-25(30)18(2)33-24-15-11-22(12-16-24)29-26(31)19-5-7-20(27)8-6-19/h5-16,18H,3-4,17H2,1-2H3,(H,28,30)(H,29,31). The van der Waals surface area contributed by atoms with Crippen LogP contribution in [-0.4, -0.2) is 23.7 Å². The summed E-state index contributed by atoms with van der Waals surface area (Å²) in [5.41, 5.74) is 1.71. The molecular weight excluding hydrogens is 439 g/mol. The minimum absolute atomic E-state index is 0.103. The lowest BCUT2D eigenvalue weighted by molar-refractivity contribution is -0.115. The number of hydrogen-bond acceptors (Lipinski definition) is 4. The average molecular weight is 467 g/mol. The van der Waals surface area contributed by atoms with Gasteiger partial charge in [0.2, 0.25) is 5.91 Å². The third-order valence-electron chi connectivity index (χ3n) is 4.79. The number of ether oxygens (including phenoxy) is 1. The lowest BCUT2D eigenvalue weighted by Gasteiger charge is -2.13. The van der Waals surface area contributed by atoms with Gasteiger partial charge in [-0.1, -0.05) is 13.3 Å². The van der Waals surface area contributed by atoms with Crippen molar-refractivity contribution in [1.82, 2.24) is 0 Å². The molecule has 0 bridgehead atoms. The van der Waals surface area contributed by atoms with Crippen LogP contribution in [0.3, 0.4) is 0 Å². The van der Waals surface area contributed by atoms with Crippen molar-refractivity contribution in [2.75, 3.05) is 17.2 Å². The van der Waals surface area contributed by atoms with E-state index in [9.17, 15) is 14.0 Å². The average Bonchev–Trinajstić information content (AvgIpc) is 2.82. The zero-order valence-corrected chi connectivity index (χ0v) is 19.5. The van der Waals surface area contributed by atoms with Crippen LogP contribution in [-0.2, 0) is 4.79 Å². The molecule has 33 heavy (non-hydrogen) atoms. The van der Waals surface area contributed by atoms with Crippen LogP contribution in [0.5, 0.6) is 5.75 Å². The second kappa shape index (κ2) is 12.1. The van der Waals surface area contributed by atoms with Crippen molar-refractivity contribution in [3.63, 3.8) is 0 Å². The molecule has 1 atom stereocenters. The van der Waals surface area contributed by atoms with E-state index in [0.29, 0.717) is 23.5 Å². The van der Waals surface area contributed by atoms with Crippen molar-refractivity contribution in [3.8, 4) is 5.75 Å². The molecule has 0 aromatic heterocycles. The quantitative estimate of drug-likeness (QED) is 0.269. The second-order valence-electron chi connectivity index (χ2n) is 7.46. The molecular formula is C26H27FN2O3S. The zero-order chi connectivity index (χ0) is 23.6. The molecule has 0 heterocycles. The number of benzene rings is 3. The largest absolute Gasteiger partial charge is 0.494 e. The van der Waals surface area contributed by atoms with Gasteiger partial charge in [0.1, 0.15) is 11.6 Å². The van der Waals surface area contributed by atoms with E-state index in [1.807, 2.05) is 43.3 Å². The number of nitrogens with one attached hydrogen (secondary N) is 2. The molecule has 0 saturated carbocycles. The zero-order valence-electron chi connectivity index (χ0n) is 18.6. The number of hydrogen-bond donors (Lipinski definition) is 2. The Morgan fingerprint density at radius 2 is 1.52 bits per heavy atom. The predicted octanol–water partition coefficient (Wildman–Crippen LogP) is 6.38. The fourth-order valence-corrected chi connectivity index (χ4v) is 3.76. The SMILES string of the molecule is CCCCOc1ccc(NC(=O)C(C)Sc2ccc(NC(=O)c3ccc(F)cc3)cc2)cc1. The van der Waals surface area contributed by atoms with Crippen LogP contribution >= 0.6 is 11.8 Å². The van der Waals surface area contributed by atoms with E-state index in [1.165, 1.54) is 36.0 Å². The molecule has 0 aliphatic carbocycles. The van der Waals surface area contributed by atoms with Gasteiger partial charge in [0.05, 0.1) is 11.9 Å². The lowest BCUT2D eigenvalue weighted by atomic mass is 10.2. The lowest BCUT2D eigenvalue weighted by Crippen LogP contribution is -2.22. The number of anilines is 2. The molecule has 3 rings (SSSR count). The van der Waals surface area contributed by atoms with Crippen LogP contribution in [0.4, 0.5) is 15.8 Å². The predicted molar refractivity (Wildman–Crippen MR) is 132 cm³/mol. The van der Waals surface area contributed by atoms with E-state index >= 15 is 0 Å². The monoisotopic (exact) mass is 466 g/mol. The number of rotatable bonds is 10. The maximum absolute atomic E-state index is 13.0. The summed E-state index contributed by atoms with van der Waals surface area (Å²) in [4.78, 5) is 25.7. The van der Waals surface area contributed by atoms with Crippen LogP contribution < -0.4 is 15.4 Å². The summed E-state index contributed by atoms with van der Waals surface area (Å²) < 4.78 is 18.6. The van der Waals surface area contributed by atoms with Gasteiger partial charge < -0.3 is 15.4 Å². The summed E-state index contributed by atoms with van der Waals surface area (Å²) in [5, 5.41) is 5.38.